The molecule has 0 atom stereocenters. The van der Waals surface area contributed by atoms with Gasteiger partial charge in [-0.25, -0.2) is 0 Å². The number of ether oxygens (including phenoxy) is 1. The van der Waals surface area contributed by atoms with E-state index in [9.17, 15) is 0 Å². The van der Waals surface area contributed by atoms with Crippen LogP contribution in [0.2, 0.25) is 0 Å². The van der Waals surface area contributed by atoms with Crippen LogP contribution in [-0.2, 0) is 17.8 Å². The van der Waals surface area contributed by atoms with Crippen molar-refractivity contribution in [3.05, 3.63) is 70.5 Å². The summed E-state index contributed by atoms with van der Waals surface area (Å²) in [5.74, 6) is 6.34. The Balaban J connectivity index is 1.98. The van der Waals surface area contributed by atoms with Crippen molar-refractivity contribution in [2.45, 2.75) is 53.1 Å². The van der Waals surface area contributed by atoms with E-state index in [1.54, 1.807) is 0 Å². The van der Waals surface area contributed by atoms with E-state index >= 15 is 0 Å². The quantitative estimate of drug-likeness (QED) is 0.234. The highest BCUT2D eigenvalue weighted by Crippen LogP contribution is 2.27. The van der Waals surface area contributed by atoms with Gasteiger partial charge in [0.15, 0.2) is 0 Å². The van der Waals surface area contributed by atoms with Crippen LogP contribution in [0.15, 0.2) is 59.3 Å². The third-order valence-electron chi connectivity index (χ3n) is 4.45. The molecule has 2 rings (SSSR count). The lowest BCUT2D eigenvalue weighted by Crippen LogP contribution is -2.20. The van der Waals surface area contributed by atoms with Crippen LogP contribution in [-0.4, -0.2) is 0 Å². The fraction of sp³-hybridized carbons (Fsp3) is 0.364. The molecule has 0 saturated carbocycles. The number of nitrogens with one attached hydrogen (secondary N) is 1. The van der Waals surface area contributed by atoms with Crippen LogP contribution in [0.4, 0.5) is 0 Å². The Kier molecular flexibility index (Phi) is 7.95. The molecule has 0 bridgehead atoms. The minimum Gasteiger partial charge on any atom is -0.493 e. The molecule has 0 amide bonds. The van der Waals surface area contributed by atoms with E-state index in [0.29, 0.717) is 6.61 Å². The minimum atomic E-state index is 0.607. The molecule has 0 saturated heterocycles. The smallest absolute Gasteiger partial charge is 0.113 e. The Morgan fingerprint density at radius 1 is 1.27 bits per heavy atom. The van der Waals surface area contributed by atoms with Crippen LogP contribution in [0, 0.1) is 0 Å². The third kappa shape index (κ3) is 5.75. The van der Waals surface area contributed by atoms with Crippen LogP contribution >= 0.6 is 11.3 Å². The molecule has 1 aromatic heterocycles. The van der Waals surface area contributed by atoms with Gasteiger partial charge in [-0.05, 0) is 66.3 Å². The summed E-state index contributed by atoms with van der Waals surface area (Å²) in [4.78, 5) is 0. The SMILES string of the molecule is C=C(CC/C(C)=C/C=C(\CC)OCc1ccc2scc(CC)c2c1)NN. The molecule has 1 heterocycles. The molecule has 1 aromatic carbocycles. The van der Waals surface area contributed by atoms with Crippen molar-refractivity contribution in [2.24, 2.45) is 5.84 Å². The highest BCUT2D eigenvalue weighted by atomic mass is 32.1. The summed E-state index contributed by atoms with van der Waals surface area (Å²) in [5, 5.41) is 3.62. The highest BCUT2D eigenvalue weighted by Gasteiger charge is 2.04. The molecule has 0 aliphatic rings. The lowest BCUT2D eigenvalue weighted by molar-refractivity contribution is 0.191. The molecular weight excluding hydrogens is 340 g/mol. The second-order valence-electron chi connectivity index (χ2n) is 6.48. The van der Waals surface area contributed by atoms with Crippen LogP contribution in [0.25, 0.3) is 10.1 Å². The molecule has 0 unspecified atom stereocenters. The van der Waals surface area contributed by atoms with Crippen molar-refractivity contribution >= 4 is 21.4 Å². The fourth-order valence-electron chi connectivity index (χ4n) is 2.68. The van der Waals surface area contributed by atoms with Gasteiger partial charge in [-0.15, -0.1) is 11.3 Å². The summed E-state index contributed by atoms with van der Waals surface area (Å²) >= 11 is 1.82. The predicted molar refractivity (Wildman–Crippen MR) is 114 cm³/mol. The van der Waals surface area contributed by atoms with Crippen LogP contribution in [0.1, 0.15) is 51.2 Å². The van der Waals surface area contributed by atoms with Crippen molar-refractivity contribution in [1.82, 2.24) is 5.43 Å². The van der Waals surface area contributed by atoms with Crippen LogP contribution in [0.5, 0.6) is 0 Å². The maximum atomic E-state index is 6.04. The van der Waals surface area contributed by atoms with Gasteiger partial charge in [0.1, 0.15) is 6.61 Å². The third-order valence-corrected chi connectivity index (χ3v) is 5.46. The largest absolute Gasteiger partial charge is 0.493 e. The van der Waals surface area contributed by atoms with Crippen molar-refractivity contribution in [2.75, 3.05) is 0 Å². The number of hydrogen-bond acceptors (Lipinski definition) is 4. The zero-order chi connectivity index (χ0) is 18.9. The number of nitrogens with two attached hydrogens (primary N) is 1. The van der Waals surface area contributed by atoms with Gasteiger partial charge in [-0.1, -0.05) is 38.1 Å². The van der Waals surface area contributed by atoms with Gasteiger partial charge >= 0.3 is 0 Å². The first-order chi connectivity index (χ1) is 12.6. The van der Waals surface area contributed by atoms with E-state index in [1.165, 1.54) is 26.8 Å². The zero-order valence-electron chi connectivity index (χ0n) is 16.1. The maximum Gasteiger partial charge on any atom is 0.113 e. The van der Waals surface area contributed by atoms with Gasteiger partial charge in [0, 0.05) is 16.8 Å². The second kappa shape index (κ2) is 10.2. The lowest BCUT2D eigenvalue weighted by Gasteiger charge is -2.09. The number of fused-ring (bicyclic) bond motifs is 1. The average Bonchev–Trinajstić information content (AvgIpc) is 3.08. The lowest BCUT2D eigenvalue weighted by atomic mass is 10.1. The van der Waals surface area contributed by atoms with E-state index in [2.05, 4.69) is 68.5 Å². The number of rotatable bonds is 10. The first-order valence-electron chi connectivity index (χ1n) is 9.19. The van der Waals surface area contributed by atoms with Crippen LogP contribution < -0.4 is 11.3 Å². The first kappa shape index (κ1) is 20.3. The Bertz CT molecular complexity index is 802. The normalized spacial score (nSPS) is 12.5. The van der Waals surface area contributed by atoms with E-state index in [0.717, 1.165) is 37.1 Å². The topological polar surface area (TPSA) is 47.3 Å². The van der Waals surface area contributed by atoms with E-state index in [1.807, 2.05) is 11.3 Å². The summed E-state index contributed by atoms with van der Waals surface area (Å²) < 4.78 is 7.39. The molecule has 3 nitrogen and oxygen atoms in total. The average molecular weight is 371 g/mol. The summed E-state index contributed by atoms with van der Waals surface area (Å²) in [6.45, 7) is 10.9. The Morgan fingerprint density at radius 2 is 2.08 bits per heavy atom. The summed E-state index contributed by atoms with van der Waals surface area (Å²) in [7, 11) is 0. The summed E-state index contributed by atoms with van der Waals surface area (Å²) in [5.41, 5.74) is 7.36. The molecule has 0 aliphatic carbocycles. The predicted octanol–water partition coefficient (Wildman–Crippen LogP) is 5.98. The van der Waals surface area contributed by atoms with Gasteiger partial charge in [0.2, 0.25) is 0 Å². The molecule has 0 radical (unpaired) electrons. The van der Waals surface area contributed by atoms with Crippen molar-refractivity contribution in [3.8, 4) is 0 Å². The summed E-state index contributed by atoms with van der Waals surface area (Å²) in [6, 6.07) is 6.64. The molecule has 4 heteroatoms. The molecule has 140 valence electrons. The molecule has 2 aromatic rings. The minimum absolute atomic E-state index is 0.607. The van der Waals surface area contributed by atoms with Gasteiger partial charge in [0.05, 0.1) is 5.76 Å². The van der Waals surface area contributed by atoms with E-state index in [-0.39, 0.29) is 0 Å². The molecule has 0 spiro atoms. The monoisotopic (exact) mass is 370 g/mol. The molecular formula is C22H30N2OS. The van der Waals surface area contributed by atoms with Crippen molar-refractivity contribution in [3.63, 3.8) is 0 Å². The zero-order valence-corrected chi connectivity index (χ0v) is 16.9. The van der Waals surface area contributed by atoms with Gasteiger partial charge in [0.25, 0.3) is 0 Å². The Morgan fingerprint density at radius 3 is 2.77 bits per heavy atom. The van der Waals surface area contributed by atoms with Crippen molar-refractivity contribution < 1.29 is 4.74 Å². The Labute approximate surface area is 161 Å². The number of aryl methyl sites for hydroxylation is 1. The van der Waals surface area contributed by atoms with Gasteiger partial charge in [-0.3, -0.25) is 5.84 Å². The van der Waals surface area contributed by atoms with Gasteiger partial charge < -0.3 is 10.2 Å². The maximum absolute atomic E-state index is 6.04. The first-order valence-corrected chi connectivity index (χ1v) is 10.1. The number of benzene rings is 1. The second-order valence-corrected chi connectivity index (χ2v) is 7.39. The number of thiophene rings is 1. The molecule has 26 heavy (non-hydrogen) atoms. The molecule has 0 aliphatic heterocycles. The fourth-order valence-corrected chi connectivity index (χ4v) is 3.70. The summed E-state index contributed by atoms with van der Waals surface area (Å²) in [6.07, 6.45) is 7.93. The van der Waals surface area contributed by atoms with Crippen LogP contribution in [0.3, 0.4) is 0 Å². The van der Waals surface area contributed by atoms with E-state index < -0.39 is 0 Å². The molecule has 3 N–H and O–H groups in total. The number of allylic oxidation sites excluding steroid dienone is 5. The Hall–Kier alpha value is -2.04. The highest BCUT2D eigenvalue weighted by molar-refractivity contribution is 7.17. The standard InChI is InChI=1S/C22H30N2OS/c1-5-19-15-26-22-12-10-18(13-21(19)22)14-25-20(6-2)11-8-16(3)7-9-17(4)24-23/h8,10-13,15,24H,4-7,9,14,23H2,1-3H3/b16-8+,20-11+. The number of hydrogen-bond donors (Lipinski definition) is 2. The van der Waals surface area contributed by atoms with Crippen molar-refractivity contribution in [1.29, 1.82) is 0 Å². The number of hydrazine groups is 1. The molecule has 0 fully saturated rings. The van der Waals surface area contributed by atoms with Gasteiger partial charge in [-0.2, -0.15) is 0 Å². The van der Waals surface area contributed by atoms with E-state index in [4.69, 9.17) is 10.6 Å².